The highest BCUT2D eigenvalue weighted by Gasteiger charge is 2.34. The maximum atomic E-state index is 12.5. The number of aliphatic carboxylic acids is 2. The van der Waals surface area contributed by atoms with Crippen LogP contribution in [0, 0.1) is 0 Å². The summed E-state index contributed by atoms with van der Waals surface area (Å²) in [6, 6.07) is -5.40. The van der Waals surface area contributed by atoms with Crippen molar-refractivity contribution in [3.05, 3.63) is 0 Å². The Kier molecular flexibility index (Phi) is 9.44. The fraction of sp³-hybridized carbons (Fsp3) is 0.688. The maximum absolute atomic E-state index is 12.5. The molecule has 29 heavy (non-hydrogen) atoms. The van der Waals surface area contributed by atoms with Gasteiger partial charge in [0.2, 0.25) is 17.7 Å². The molecule has 1 saturated heterocycles. The third-order valence-electron chi connectivity index (χ3n) is 4.25. The average molecular weight is 418 g/mol. The summed E-state index contributed by atoms with van der Waals surface area (Å²) < 4.78 is 0. The minimum Gasteiger partial charge on any atom is -0.481 e. The SMILES string of the molecule is CC(O)C(NC(=O)C(CC(=O)O)NC(=O)C1CCCN1)C(=O)NC(CO)C(=O)O. The van der Waals surface area contributed by atoms with Gasteiger partial charge in [0.15, 0.2) is 0 Å². The first kappa shape index (κ1) is 24.3. The minimum absolute atomic E-state index is 0.518. The molecule has 1 aliphatic rings. The minimum atomic E-state index is -1.66. The van der Waals surface area contributed by atoms with Gasteiger partial charge in [0.1, 0.15) is 18.1 Å². The van der Waals surface area contributed by atoms with Gasteiger partial charge in [-0.25, -0.2) is 4.79 Å². The summed E-state index contributed by atoms with van der Waals surface area (Å²) >= 11 is 0. The van der Waals surface area contributed by atoms with E-state index in [0.717, 1.165) is 13.3 Å². The lowest BCUT2D eigenvalue weighted by molar-refractivity contribution is -0.144. The Labute approximate surface area is 165 Å². The van der Waals surface area contributed by atoms with E-state index in [4.69, 9.17) is 15.3 Å². The van der Waals surface area contributed by atoms with Crippen LogP contribution < -0.4 is 21.3 Å². The van der Waals surface area contributed by atoms with Gasteiger partial charge in [-0.15, -0.1) is 0 Å². The number of carbonyl (C=O) groups is 5. The van der Waals surface area contributed by atoms with Crippen LogP contribution in [0.25, 0.3) is 0 Å². The van der Waals surface area contributed by atoms with Crippen molar-refractivity contribution in [1.29, 1.82) is 0 Å². The number of carbonyl (C=O) groups excluding carboxylic acids is 3. The van der Waals surface area contributed by atoms with E-state index in [1.54, 1.807) is 0 Å². The molecular formula is C16H26N4O9. The molecule has 13 nitrogen and oxygen atoms in total. The van der Waals surface area contributed by atoms with Crippen LogP contribution in [0.2, 0.25) is 0 Å². The van der Waals surface area contributed by atoms with Gasteiger partial charge >= 0.3 is 11.9 Å². The first-order valence-electron chi connectivity index (χ1n) is 8.94. The van der Waals surface area contributed by atoms with Crippen molar-refractivity contribution in [3.63, 3.8) is 0 Å². The average Bonchev–Trinajstić information content (AvgIpc) is 3.17. The Morgan fingerprint density at radius 2 is 1.69 bits per heavy atom. The second kappa shape index (κ2) is 11.3. The van der Waals surface area contributed by atoms with E-state index in [0.29, 0.717) is 13.0 Å². The van der Waals surface area contributed by atoms with Gasteiger partial charge in [-0.1, -0.05) is 0 Å². The van der Waals surface area contributed by atoms with E-state index in [9.17, 15) is 29.1 Å². The largest absolute Gasteiger partial charge is 0.481 e. The van der Waals surface area contributed by atoms with Gasteiger partial charge < -0.3 is 41.7 Å². The standard InChI is InChI=1S/C16H26N4O9/c1-7(22)12(15(27)19-10(6-21)16(28)29)20-14(26)9(5-11(23)24)18-13(25)8-3-2-4-17-8/h7-10,12,17,21-22H,2-6H2,1H3,(H,18,25)(H,19,27)(H,20,26)(H,23,24)(H,28,29). The van der Waals surface area contributed by atoms with Crippen LogP contribution in [0.1, 0.15) is 26.2 Å². The molecule has 1 heterocycles. The molecule has 1 fully saturated rings. The predicted octanol–water partition coefficient (Wildman–Crippen LogP) is -3.87. The number of aliphatic hydroxyl groups excluding tert-OH is 2. The summed E-state index contributed by atoms with van der Waals surface area (Å²) in [5.74, 6) is -5.64. The molecule has 3 amide bonds. The van der Waals surface area contributed by atoms with Crippen molar-refractivity contribution >= 4 is 29.7 Å². The molecule has 5 atom stereocenters. The third-order valence-corrected chi connectivity index (χ3v) is 4.25. The number of amides is 3. The van der Waals surface area contributed by atoms with E-state index in [1.807, 2.05) is 5.32 Å². The molecule has 0 saturated carbocycles. The second-order valence-electron chi connectivity index (χ2n) is 6.62. The molecule has 0 bridgehead atoms. The highest BCUT2D eigenvalue weighted by molar-refractivity contribution is 5.95. The summed E-state index contributed by atoms with van der Waals surface area (Å²) in [4.78, 5) is 58.8. The number of hydrogen-bond acceptors (Lipinski definition) is 8. The van der Waals surface area contributed by atoms with E-state index in [-0.39, 0.29) is 0 Å². The quantitative estimate of drug-likeness (QED) is 0.163. The Bertz CT molecular complexity index is 634. The lowest BCUT2D eigenvalue weighted by Crippen LogP contribution is -2.60. The molecule has 5 unspecified atom stereocenters. The number of rotatable bonds is 11. The summed E-state index contributed by atoms with van der Waals surface area (Å²) in [6.45, 7) is 0.827. The Hall–Kier alpha value is -2.77. The topological polar surface area (TPSA) is 214 Å². The van der Waals surface area contributed by atoms with Crippen molar-refractivity contribution in [2.75, 3.05) is 13.2 Å². The summed E-state index contributed by atoms with van der Waals surface area (Å²) in [5.41, 5.74) is 0. The molecule has 164 valence electrons. The highest BCUT2D eigenvalue weighted by atomic mass is 16.4. The van der Waals surface area contributed by atoms with E-state index in [2.05, 4.69) is 16.0 Å². The Morgan fingerprint density at radius 1 is 1.03 bits per heavy atom. The molecular weight excluding hydrogens is 392 g/mol. The highest BCUT2D eigenvalue weighted by Crippen LogP contribution is 2.06. The van der Waals surface area contributed by atoms with Gasteiger partial charge in [0.05, 0.1) is 25.2 Å². The van der Waals surface area contributed by atoms with E-state index >= 15 is 0 Å². The van der Waals surface area contributed by atoms with Crippen molar-refractivity contribution in [2.24, 2.45) is 0 Å². The number of aliphatic hydroxyl groups is 2. The molecule has 1 rings (SSSR count). The van der Waals surface area contributed by atoms with Gasteiger partial charge in [-0.3, -0.25) is 19.2 Å². The molecule has 0 spiro atoms. The van der Waals surface area contributed by atoms with E-state index in [1.165, 1.54) is 0 Å². The van der Waals surface area contributed by atoms with Gasteiger partial charge in [-0.05, 0) is 26.3 Å². The molecule has 0 aliphatic carbocycles. The monoisotopic (exact) mass is 418 g/mol. The van der Waals surface area contributed by atoms with Crippen LogP contribution >= 0.6 is 0 Å². The molecule has 13 heteroatoms. The lowest BCUT2D eigenvalue weighted by Gasteiger charge is -2.25. The second-order valence-corrected chi connectivity index (χ2v) is 6.62. The third kappa shape index (κ3) is 7.63. The van der Waals surface area contributed by atoms with Crippen molar-refractivity contribution < 1.29 is 44.4 Å². The van der Waals surface area contributed by atoms with Gasteiger partial charge in [0, 0.05) is 0 Å². The van der Waals surface area contributed by atoms with Crippen molar-refractivity contribution in [3.8, 4) is 0 Å². The van der Waals surface area contributed by atoms with Crippen LogP contribution in [0.4, 0.5) is 0 Å². The number of nitrogens with one attached hydrogen (secondary N) is 4. The number of carboxylic acids is 2. The molecule has 0 aromatic heterocycles. The van der Waals surface area contributed by atoms with Crippen LogP contribution in [-0.4, -0.2) is 93.5 Å². The van der Waals surface area contributed by atoms with Crippen molar-refractivity contribution in [1.82, 2.24) is 21.3 Å². The van der Waals surface area contributed by atoms with Crippen LogP contribution in [-0.2, 0) is 24.0 Å². The van der Waals surface area contributed by atoms with Crippen LogP contribution in [0.5, 0.6) is 0 Å². The Balaban J connectivity index is 2.86. The van der Waals surface area contributed by atoms with E-state index < -0.39 is 73.0 Å². The number of carboxylic acid groups (broad SMARTS) is 2. The molecule has 8 N–H and O–H groups in total. The lowest BCUT2D eigenvalue weighted by atomic mass is 10.1. The fourth-order valence-electron chi connectivity index (χ4n) is 2.67. The summed E-state index contributed by atoms with van der Waals surface area (Å²) in [7, 11) is 0. The first-order chi connectivity index (χ1) is 13.6. The number of hydrogen-bond donors (Lipinski definition) is 8. The van der Waals surface area contributed by atoms with Crippen LogP contribution in [0.3, 0.4) is 0 Å². The summed E-state index contributed by atoms with van der Waals surface area (Å²) in [6.07, 6.45) is -0.991. The maximum Gasteiger partial charge on any atom is 0.328 e. The molecule has 0 radical (unpaired) electrons. The normalized spacial score (nSPS) is 20.0. The zero-order valence-electron chi connectivity index (χ0n) is 15.8. The summed E-state index contributed by atoms with van der Waals surface area (Å²) in [5, 5.41) is 45.9. The smallest absolute Gasteiger partial charge is 0.328 e. The molecule has 0 aromatic carbocycles. The first-order valence-corrected chi connectivity index (χ1v) is 8.94. The van der Waals surface area contributed by atoms with Crippen LogP contribution in [0.15, 0.2) is 0 Å². The van der Waals surface area contributed by atoms with Gasteiger partial charge in [0.25, 0.3) is 0 Å². The van der Waals surface area contributed by atoms with Gasteiger partial charge in [-0.2, -0.15) is 0 Å². The van der Waals surface area contributed by atoms with Crippen molar-refractivity contribution in [2.45, 2.75) is 56.5 Å². The zero-order chi connectivity index (χ0) is 22.1. The Morgan fingerprint density at radius 3 is 2.14 bits per heavy atom. The molecule has 1 aliphatic heterocycles. The zero-order valence-corrected chi connectivity index (χ0v) is 15.8. The molecule has 0 aromatic rings. The predicted molar refractivity (Wildman–Crippen MR) is 95.5 cm³/mol. The fourth-order valence-corrected chi connectivity index (χ4v) is 2.67.